The molecule has 31 heavy (non-hydrogen) atoms. The number of hydrogen-bond donors (Lipinski definition) is 0. The van der Waals surface area contributed by atoms with E-state index in [1.807, 2.05) is 0 Å². The van der Waals surface area contributed by atoms with Crippen LogP contribution in [-0.4, -0.2) is 41.2 Å². The average molecular weight is 507 g/mol. The Balaban J connectivity index is 1.67. The van der Waals surface area contributed by atoms with Gasteiger partial charge in [0, 0.05) is 32.4 Å². The number of ether oxygens (including phenoxy) is 2. The summed E-state index contributed by atoms with van der Waals surface area (Å²) in [6.07, 6.45) is 2.25. The van der Waals surface area contributed by atoms with Crippen LogP contribution in [0.2, 0.25) is 0 Å². The quantitative estimate of drug-likeness (QED) is 0.204. The molecule has 8 nitrogen and oxygen atoms in total. The van der Waals surface area contributed by atoms with Crippen molar-refractivity contribution in [3.8, 4) is 5.75 Å². The third-order valence-corrected chi connectivity index (χ3v) is 5.90. The number of nitro groups is 1. The van der Waals surface area contributed by atoms with E-state index in [1.54, 1.807) is 43.5 Å². The highest BCUT2D eigenvalue weighted by Gasteiger charge is 2.34. The lowest BCUT2D eigenvalue weighted by atomic mass is 10.2. The molecule has 0 bridgehead atoms. The van der Waals surface area contributed by atoms with Gasteiger partial charge in [-0.05, 0) is 63.4 Å². The lowest BCUT2D eigenvalue weighted by molar-refractivity contribution is -0.384. The SMILES string of the molecule is COCCCN1C(=O)S/C(=C/c2ccc(OCc3cccc([N+](=O)[O-])c3)c(Br)c2)C1=O. The Kier molecular flexibility index (Phi) is 7.83. The van der Waals surface area contributed by atoms with Gasteiger partial charge in [-0.2, -0.15) is 0 Å². The second-order valence-electron chi connectivity index (χ2n) is 6.59. The van der Waals surface area contributed by atoms with Crippen LogP contribution in [0.1, 0.15) is 17.5 Å². The van der Waals surface area contributed by atoms with Crippen molar-refractivity contribution >= 4 is 50.6 Å². The Labute approximate surface area is 191 Å². The molecule has 0 saturated carbocycles. The van der Waals surface area contributed by atoms with Crippen LogP contribution in [0.3, 0.4) is 0 Å². The molecule has 1 aliphatic heterocycles. The third-order valence-electron chi connectivity index (χ3n) is 4.37. The van der Waals surface area contributed by atoms with E-state index in [-0.39, 0.29) is 23.4 Å². The van der Waals surface area contributed by atoms with Gasteiger partial charge < -0.3 is 9.47 Å². The minimum atomic E-state index is -0.451. The predicted molar refractivity (Wildman–Crippen MR) is 121 cm³/mol. The van der Waals surface area contributed by atoms with Crippen molar-refractivity contribution in [2.24, 2.45) is 0 Å². The van der Waals surface area contributed by atoms with E-state index >= 15 is 0 Å². The molecule has 0 aromatic heterocycles. The van der Waals surface area contributed by atoms with Gasteiger partial charge in [0.1, 0.15) is 12.4 Å². The normalized spacial score (nSPS) is 15.0. The van der Waals surface area contributed by atoms with E-state index in [0.29, 0.717) is 40.3 Å². The van der Waals surface area contributed by atoms with Crippen molar-refractivity contribution < 1.29 is 24.0 Å². The van der Waals surface area contributed by atoms with Crippen molar-refractivity contribution in [3.63, 3.8) is 0 Å². The molecular weight excluding hydrogens is 488 g/mol. The molecule has 1 heterocycles. The number of imide groups is 1. The standard InChI is InChI=1S/C21H19BrN2O6S/c1-29-9-3-8-23-20(25)19(31-21(23)26)12-14-6-7-18(17(22)11-14)30-13-15-4-2-5-16(10-15)24(27)28/h2,4-7,10-12H,3,8-9,13H2,1H3/b19-12+. The van der Waals surface area contributed by atoms with Gasteiger partial charge in [0.15, 0.2) is 0 Å². The van der Waals surface area contributed by atoms with E-state index in [4.69, 9.17) is 9.47 Å². The molecule has 162 valence electrons. The zero-order chi connectivity index (χ0) is 22.4. The first-order valence-corrected chi connectivity index (χ1v) is 10.9. The monoisotopic (exact) mass is 506 g/mol. The fraction of sp³-hybridized carbons (Fsp3) is 0.238. The fourth-order valence-electron chi connectivity index (χ4n) is 2.86. The second kappa shape index (κ2) is 10.6. The Hall–Kier alpha value is -2.69. The van der Waals surface area contributed by atoms with E-state index in [9.17, 15) is 19.7 Å². The van der Waals surface area contributed by atoms with Gasteiger partial charge in [-0.1, -0.05) is 18.2 Å². The van der Waals surface area contributed by atoms with Crippen LogP contribution in [-0.2, 0) is 16.1 Å². The molecule has 10 heteroatoms. The number of amides is 2. The molecule has 0 radical (unpaired) electrons. The van der Waals surface area contributed by atoms with Crippen LogP contribution in [0.25, 0.3) is 6.08 Å². The molecule has 0 spiro atoms. The summed E-state index contributed by atoms with van der Waals surface area (Å²) in [4.78, 5) is 36.6. The summed E-state index contributed by atoms with van der Waals surface area (Å²) in [5, 5.41) is 10.6. The van der Waals surface area contributed by atoms with Crippen LogP contribution in [0.4, 0.5) is 10.5 Å². The summed E-state index contributed by atoms with van der Waals surface area (Å²) in [6.45, 7) is 0.968. The maximum Gasteiger partial charge on any atom is 0.293 e. The molecular formula is C21H19BrN2O6S. The number of non-ortho nitro benzene ring substituents is 1. The zero-order valence-electron chi connectivity index (χ0n) is 16.6. The molecule has 0 N–H and O–H groups in total. The number of nitrogens with zero attached hydrogens (tertiary/aromatic N) is 2. The molecule has 0 aliphatic carbocycles. The Morgan fingerprint density at radius 2 is 2.03 bits per heavy atom. The van der Waals surface area contributed by atoms with Crippen molar-refractivity contribution in [1.82, 2.24) is 4.90 Å². The van der Waals surface area contributed by atoms with Gasteiger partial charge in [-0.15, -0.1) is 0 Å². The summed E-state index contributed by atoms with van der Waals surface area (Å²) in [5.41, 5.74) is 1.41. The minimum absolute atomic E-state index is 0.00619. The Morgan fingerprint density at radius 3 is 2.74 bits per heavy atom. The molecule has 1 fully saturated rings. The predicted octanol–water partition coefficient (Wildman–Crippen LogP) is 5.01. The first-order valence-electron chi connectivity index (χ1n) is 9.29. The number of hydrogen-bond acceptors (Lipinski definition) is 7. The summed E-state index contributed by atoms with van der Waals surface area (Å²) in [6, 6.07) is 11.5. The number of halogens is 1. The molecule has 3 rings (SSSR count). The van der Waals surface area contributed by atoms with E-state index in [0.717, 1.165) is 17.3 Å². The van der Waals surface area contributed by atoms with E-state index < -0.39 is 4.92 Å². The molecule has 2 aromatic carbocycles. The molecule has 1 saturated heterocycles. The van der Waals surface area contributed by atoms with Crippen LogP contribution >= 0.6 is 27.7 Å². The first-order chi connectivity index (χ1) is 14.9. The molecule has 0 unspecified atom stereocenters. The van der Waals surface area contributed by atoms with E-state index in [1.165, 1.54) is 17.0 Å². The lowest BCUT2D eigenvalue weighted by Gasteiger charge is -2.11. The topological polar surface area (TPSA) is 99.0 Å². The van der Waals surface area contributed by atoms with Crippen LogP contribution in [0, 0.1) is 10.1 Å². The van der Waals surface area contributed by atoms with Gasteiger partial charge in [0.05, 0.1) is 14.3 Å². The summed E-state index contributed by atoms with van der Waals surface area (Å²) >= 11 is 4.36. The summed E-state index contributed by atoms with van der Waals surface area (Å²) < 4.78 is 11.4. The minimum Gasteiger partial charge on any atom is -0.488 e. The average Bonchev–Trinajstić information content (AvgIpc) is 3.01. The Morgan fingerprint density at radius 1 is 1.23 bits per heavy atom. The number of rotatable bonds is 9. The van der Waals surface area contributed by atoms with Crippen molar-refractivity contribution in [3.05, 3.63) is 73.1 Å². The summed E-state index contributed by atoms with van der Waals surface area (Å²) in [5.74, 6) is 0.240. The van der Waals surface area contributed by atoms with Gasteiger partial charge in [-0.25, -0.2) is 0 Å². The third kappa shape index (κ3) is 5.93. The first kappa shape index (κ1) is 23.0. The number of nitro benzene ring substituents is 1. The van der Waals surface area contributed by atoms with Crippen molar-refractivity contribution in [2.45, 2.75) is 13.0 Å². The second-order valence-corrected chi connectivity index (χ2v) is 8.43. The molecule has 1 aliphatic rings. The number of carbonyl (C=O) groups is 2. The maximum absolute atomic E-state index is 12.5. The maximum atomic E-state index is 12.5. The van der Waals surface area contributed by atoms with Crippen LogP contribution in [0.5, 0.6) is 5.75 Å². The smallest absolute Gasteiger partial charge is 0.293 e. The van der Waals surface area contributed by atoms with Gasteiger partial charge in [-0.3, -0.25) is 24.6 Å². The van der Waals surface area contributed by atoms with Crippen molar-refractivity contribution in [1.29, 1.82) is 0 Å². The number of benzene rings is 2. The van der Waals surface area contributed by atoms with Gasteiger partial charge in [0.25, 0.3) is 16.8 Å². The fourth-order valence-corrected chi connectivity index (χ4v) is 4.23. The zero-order valence-corrected chi connectivity index (χ0v) is 19.0. The van der Waals surface area contributed by atoms with Crippen LogP contribution < -0.4 is 4.74 Å². The number of methoxy groups -OCH3 is 1. The van der Waals surface area contributed by atoms with Crippen LogP contribution in [0.15, 0.2) is 51.8 Å². The Bertz CT molecular complexity index is 1040. The van der Waals surface area contributed by atoms with Gasteiger partial charge >= 0.3 is 0 Å². The highest BCUT2D eigenvalue weighted by atomic mass is 79.9. The van der Waals surface area contributed by atoms with E-state index in [2.05, 4.69) is 15.9 Å². The van der Waals surface area contributed by atoms with Gasteiger partial charge in [0.2, 0.25) is 0 Å². The molecule has 2 aromatic rings. The molecule has 2 amide bonds. The summed E-state index contributed by atoms with van der Waals surface area (Å²) in [7, 11) is 1.57. The largest absolute Gasteiger partial charge is 0.488 e. The molecule has 0 atom stereocenters. The van der Waals surface area contributed by atoms with Crippen molar-refractivity contribution in [2.75, 3.05) is 20.3 Å². The number of carbonyl (C=O) groups excluding carboxylic acids is 2. The lowest BCUT2D eigenvalue weighted by Crippen LogP contribution is -2.29. The highest BCUT2D eigenvalue weighted by molar-refractivity contribution is 9.10. The number of thioether (sulfide) groups is 1. The highest BCUT2D eigenvalue weighted by Crippen LogP contribution is 2.34.